The molecule has 2 N–H and O–H groups in total. The fourth-order valence-electron chi connectivity index (χ4n) is 3.06. The molecule has 34 heavy (non-hydrogen) atoms. The van der Waals surface area contributed by atoms with Crippen molar-refractivity contribution in [2.75, 3.05) is 11.9 Å². The first kappa shape index (κ1) is 25.0. The summed E-state index contributed by atoms with van der Waals surface area (Å²) < 4.78 is 12.4. The minimum Gasteiger partial charge on any atom is -0.490 e. The molecular formula is C26H26BrN3O4. The number of benzene rings is 3. The standard InChI is InChI=1S/C26H26BrN3O4/c1-4-33-23-14-20(13-22(27)24(23)34-16-19-7-5-6-18(3)12-19)15-28-30-26(32)25(31)29-21-10-8-17(2)9-11-21/h5-15H,4,16H2,1-3H3,(H,29,31)(H,30,32)/b28-15+. The zero-order valence-corrected chi connectivity index (χ0v) is 20.8. The first-order valence-electron chi connectivity index (χ1n) is 10.7. The van der Waals surface area contributed by atoms with Crippen LogP contribution < -0.4 is 20.2 Å². The number of hydrogen-bond acceptors (Lipinski definition) is 5. The molecule has 0 spiro atoms. The number of hydrazone groups is 1. The van der Waals surface area contributed by atoms with E-state index in [2.05, 4.69) is 37.8 Å². The van der Waals surface area contributed by atoms with Crippen molar-refractivity contribution in [3.8, 4) is 11.5 Å². The fraction of sp³-hybridized carbons (Fsp3) is 0.192. The van der Waals surface area contributed by atoms with E-state index in [4.69, 9.17) is 9.47 Å². The Morgan fingerprint density at radius 1 is 0.971 bits per heavy atom. The zero-order valence-electron chi connectivity index (χ0n) is 19.2. The van der Waals surface area contributed by atoms with Crippen molar-refractivity contribution in [2.24, 2.45) is 5.10 Å². The Hall–Kier alpha value is -3.65. The van der Waals surface area contributed by atoms with Gasteiger partial charge in [0.15, 0.2) is 11.5 Å². The largest absolute Gasteiger partial charge is 0.490 e. The average molecular weight is 524 g/mol. The van der Waals surface area contributed by atoms with Crippen LogP contribution in [0, 0.1) is 13.8 Å². The highest BCUT2D eigenvalue weighted by Crippen LogP contribution is 2.37. The molecule has 0 fully saturated rings. The maximum Gasteiger partial charge on any atom is 0.329 e. The van der Waals surface area contributed by atoms with Crippen LogP contribution in [0.25, 0.3) is 0 Å². The molecule has 8 heteroatoms. The highest BCUT2D eigenvalue weighted by molar-refractivity contribution is 9.10. The number of amides is 2. The van der Waals surface area contributed by atoms with Gasteiger partial charge in [-0.15, -0.1) is 0 Å². The van der Waals surface area contributed by atoms with Gasteiger partial charge in [-0.3, -0.25) is 9.59 Å². The van der Waals surface area contributed by atoms with Crippen molar-refractivity contribution in [3.63, 3.8) is 0 Å². The summed E-state index contributed by atoms with van der Waals surface area (Å²) in [6.07, 6.45) is 1.43. The van der Waals surface area contributed by atoms with Gasteiger partial charge in [0, 0.05) is 5.69 Å². The lowest BCUT2D eigenvalue weighted by molar-refractivity contribution is -0.136. The summed E-state index contributed by atoms with van der Waals surface area (Å²) in [6.45, 7) is 6.69. The Labute approximate surface area is 207 Å². The molecule has 3 aromatic carbocycles. The predicted octanol–water partition coefficient (Wildman–Crippen LogP) is 5.13. The number of anilines is 1. The van der Waals surface area contributed by atoms with Crippen LogP contribution in [-0.4, -0.2) is 24.6 Å². The minimum absolute atomic E-state index is 0.389. The molecule has 0 unspecified atom stereocenters. The third-order valence-electron chi connectivity index (χ3n) is 4.69. The highest BCUT2D eigenvalue weighted by atomic mass is 79.9. The fourth-order valence-corrected chi connectivity index (χ4v) is 3.64. The van der Waals surface area contributed by atoms with E-state index < -0.39 is 11.8 Å². The van der Waals surface area contributed by atoms with Gasteiger partial charge in [0.05, 0.1) is 17.3 Å². The summed E-state index contributed by atoms with van der Waals surface area (Å²) in [5, 5.41) is 6.41. The van der Waals surface area contributed by atoms with Crippen LogP contribution in [0.1, 0.15) is 29.2 Å². The van der Waals surface area contributed by atoms with Gasteiger partial charge in [0.25, 0.3) is 0 Å². The number of halogens is 1. The third kappa shape index (κ3) is 7.18. The Morgan fingerprint density at radius 3 is 2.44 bits per heavy atom. The second-order valence-electron chi connectivity index (χ2n) is 7.56. The number of hydrogen-bond donors (Lipinski definition) is 2. The summed E-state index contributed by atoms with van der Waals surface area (Å²) in [5.74, 6) is -0.576. The molecule has 2 amide bonds. The molecule has 0 saturated heterocycles. The van der Waals surface area contributed by atoms with Crippen molar-refractivity contribution >= 4 is 39.6 Å². The van der Waals surface area contributed by atoms with Gasteiger partial charge in [-0.2, -0.15) is 5.10 Å². The Bertz CT molecular complexity index is 1190. The van der Waals surface area contributed by atoms with E-state index in [0.29, 0.717) is 40.4 Å². The quantitative estimate of drug-likeness (QED) is 0.243. The number of nitrogens with one attached hydrogen (secondary N) is 2. The van der Waals surface area contributed by atoms with Gasteiger partial charge < -0.3 is 14.8 Å². The maximum absolute atomic E-state index is 12.0. The van der Waals surface area contributed by atoms with E-state index in [9.17, 15) is 9.59 Å². The lowest BCUT2D eigenvalue weighted by Crippen LogP contribution is -2.32. The van der Waals surface area contributed by atoms with E-state index in [1.807, 2.05) is 51.1 Å². The summed E-state index contributed by atoms with van der Waals surface area (Å²) in [6, 6.07) is 18.7. The van der Waals surface area contributed by atoms with Crippen LogP contribution in [-0.2, 0) is 16.2 Å². The third-order valence-corrected chi connectivity index (χ3v) is 5.28. The van der Waals surface area contributed by atoms with Crippen molar-refractivity contribution < 1.29 is 19.1 Å². The van der Waals surface area contributed by atoms with Gasteiger partial charge in [-0.05, 0) is 72.1 Å². The van der Waals surface area contributed by atoms with Gasteiger partial charge in [-0.25, -0.2) is 5.43 Å². The summed E-state index contributed by atoms with van der Waals surface area (Å²) >= 11 is 3.52. The lowest BCUT2D eigenvalue weighted by Gasteiger charge is -2.15. The van der Waals surface area contributed by atoms with Gasteiger partial charge in [0.1, 0.15) is 6.61 Å². The van der Waals surface area contributed by atoms with Gasteiger partial charge >= 0.3 is 11.8 Å². The monoisotopic (exact) mass is 523 g/mol. The van der Waals surface area contributed by atoms with Gasteiger partial charge in [0.2, 0.25) is 0 Å². The molecule has 0 aliphatic heterocycles. The Balaban J connectivity index is 1.64. The Morgan fingerprint density at radius 2 is 1.74 bits per heavy atom. The number of nitrogens with zero attached hydrogens (tertiary/aromatic N) is 1. The van der Waals surface area contributed by atoms with E-state index >= 15 is 0 Å². The molecule has 3 aromatic rings. The van der Waals surface area contributed by atoms with Crippen molar-refractivity contribution in [3.05, 3.63) is 87.4 Å². The molecule has 0 aromatic heterocycles. The molecular weight excluding hydrogens is 498 g/mol. The first-order chi connectivity index (χ1) is 16.4. The number of carbonyl (C=O) groups is 2. The maximum atomic E-state index is 12.0. The van der Waals surface area contributed by atoms with E-state index in [1.54, 1.807) is 24.3 Å². The molecule has 0 bridgehead atoms. The number of carbonyl (C=O) groups excluding carboxylic acids is 2. The smallest absolute Gasteiger partial charge is 0.329 e. The second kappa shape index (κ2) is 12.0. The predicted molar refractivity (Wildman–Crippen MR) is 136 cm³/mol. The van der Waals surface area contributed by atoms with Crippen LogP contribution in [0.4, 0.5) is 5.69 Å². The molecule has 0 radical (unpaired) electrons. The number of ether oxygens (including phenoxy) is 2. The van der Waals surface area contributed by atoms with E-state index in [0.717, 1.165) is 16.7 Å². The lowest BCUT2D eigenvalue weighted by atomic mass is 10.1. The van der Waals surface area contributed by atoms with Crippen LogP contribution >= 0.6 is 15.9 Å². The normalized spacial score (nSPS) is 10.7. The van der Waals surface area contributed by atoms with Crippen LogP contribution in [0.15, 0.2) is 70.2 Å². The van der Waals surface area contributed by atoms with E-state index in [1.165, 1.54) is 6.21 Å². The van der Waals surface area contributed by atoms with Gasteiger partial charge in [-0.1, -0.05) is 47.5 Å². The van der Waals surface area contributed by atoms with Crippen LogP contribution in [0.5, 0.6) is 11.5 Å². The summed E-state index contributed by atoms with van der Waals surface area (Å²) in [7, 11) is 0. The summed E-state index contributed by atoms with van der Waals surface area (Å²) in [4.78, 5) is 24.1. The first-order valence-corrected chi connectivity index (χ1v) is 11.5. The molecule has 176 valence electrons. The topological polar surface area (TPSA) is 89.0 Å². The molecule has 0 heterocycles. The second-order valence-corrected chi connectivity index (χ2v) is 8.41. The zero-order chi connectivity index (χ0) is 24.5. The molecule has 0 saturated carbocycles. The number of aryl methyl sites for hydroxylation is 2. The van der Waals surface area contributed by atoms with Crippen molar-refractivity contribution in [1.82, 2.24) is 5.43 Å². The molecule has 3 rings (SSSR count). The van der Waals surface area contributed by atoms with Crippen LogP contribution in [0.3, 0.4) is 0 Å². The molecule has 0 aliphatic carbocycles. The van der Waals surface area contributed by atoms with Crippen LogP contribution in [0.2, 0.25) is 0 Å². The highest BCUT2D eigenvalue weighted by Gasteiger charge is 2.14. The molecule has 0 aliphatic rings. The Kier molecular flexibility index (Phi) is 8.81. The molecule has 0 atom stereocenters. The van der Waals surface area contributed by atoms with E-state index in [-0.39, 0.29) is 0 Å². The van der Waals surface area contributed by atoms with Crippen molar-refractivity contribution in [1.29, 1.82) is 0 Å². The minimum atomic E-state index is -0.876. The van der Waals surface area contributed by atoms with Crippen molar-refractivity contribution in [2.45, 2.75) is 27.4 Å². The number of rotatable bonds is 8. The summed E-state index contributed by atoms with van der Waals surface area (Å²) in [5.41, 5.74) is 6.67. The SMILES string of the molecule is CCOc1cc(/C=N/NC(=O)C(=O)Nc2ccc(C)cc2)cc(Br)c1OCc1cccc(C)c1. The average Bonchev–Trinajstić information content (AvgIpc) is 2.80. The molecule has 7 nitrogen and oxygen atoms in total.